The summed E-state index contributed by atoms with van der Waals surface area (Å²) in [5.74, 6) is 0.850. The highest BCUT2D eigenvalue weighted by atomic mass is 16.2. The lowest BCUT2D eigenvalue weighted by Crippen LogP contribution is -2.23. The predicted molar refractivity (Wildman–Crippen MR) is 48.7 cm³/mol. The van der Waals surface area contributed by atoms with Gasteiger partial charge < -0.3 is 10.0 Å². The van der Waals surface area contributed by atoms with E-state index in [9.17, 15) is 0 Å². The minimum Gasteiger partial charge on any atom is -0.400 e. The second-order valence-electron chi connectivity index (χ2n) is 3.40. The van der Waals surface area contributed by atoms with Gasteiger partial charge in [-0.3, -0.25) is 0 Å². The van der Waals surface area contributed by atoms with Crippen molar-refractivity contribution in [2.24, 2.45) is 5.92 Å². The number of hydrogen-bond acceptors (Lipinski definition) is 2. The second kappa shape index (κ2) is 6.62. The summed E-state index contributed by atoms with van der Waals surface area (Å²) in [6, 6.07) is 0. The summed E-state index contributed by atoms with van der Waals surface area (Å²) in [5.41, 5.74) is 0. The SMILES string of the molecule is CC(C)CN1CCCC1.CO. The van der Waals surface area contributed by atoms with Crippen LogP contribution in [0.15, 0.2) is 0 Å². The molecule has 0 aromatic heterocycles. The Kier molecular flexibility index (Phi) is 6.57. The lowest BCUT2D eigenvalue weighted by Gasteiger charge is -2.16. The Hall–Kier alpha value is -0.0800. The Bertz CT molecular complexity index is 77.6. The zero-order valence-corrected chi connectivity index (χ0v) is 8.01. The zero-order chi connectivity index (χ0) is 8.69. The van der Waals surface area contributed by atoms with Gasteiger partial charge in [0.05, 0.1) is 0 Å². The maximum Gasteiger partial charge on any atom is 0.0319 e. The van der Waals surface area contributed by atoms with E-state index in [1.54, 1.807) is 0 Å². The first-order valence-electron chi connectivity index (χ1n) is 4.46. The van der Waals surface area contributed by atoms with Crippen LogP contribution in [-0.2, 0) is 0 Å². The van der Waals surface area contributed by atoms with E-state index in [1.165, 1.54) is 32.5 Å². The van der Waals surface area contributed by atoms with E-state index in [1.807, 2.05) is 0 Å². The molecule has 0 atom stereocenters. The molecule has 2 heteroatoms. The van der Waals surface area contributed by atoms with Gasteiger partial charge in [-0.25, -0.2) is 0 Å². The van der Waals surface area contributed by atoms with Gasteiger partial charge in [0.15, 0.2) is 0 Å². The van der Waals surface area contributed by atoms with Crippen LogP contribution < -0.4 is 0 Å². The highest BCUT2D eigenvalue weighted by Gasteiger charge is 2.11. The van der Waals surface area contributed by atoms with Crippen LogP contribution in [0.5, 0.6) is 0 Å². The smallest absolute Gasteiger partial charge is 0.0319 e. The molecule has 1 N–H and O–H groups in total. The van der Waals surface area contributed by atoms with E-state index >= 15 is 0 Å². The van der Waals surface area contributed by atoms with E-state index in [4.69, 9.17) is 5.11 Å². The standard InChI is InChI=1S/C8H17N.CH4O/c1-8(2)7-9-5-3-4-6-9;1-2/h8H,3-7H2,1-2H3;2H,1H3. The molecule has 68 valence electrons. The topological polar surface area (TPSA) is 23.5 Å². The Morgan fingerprint density at radius 2 is 1.64 bits per heavy atom. The summed E-state index contributed by atoms with van der Waals surface area (Å²) in [6.07, 6.45) is 2.85. The maximum absolute atomic E-state index is 7.00. The Morgan fingerprint density at radius 1 is 1.18 bits per heavy atom. The summed E-state index contributed by atoms with van der Waals surface area (Å²) in [7, 11) is 1.00. The third-order valence-electron chi connectivity index (χ3n) is 1.82. The van der Waals surface area contributed by atoms with Crippen LogP contribution in [0.4, 0.5) is 0 Å². The fraction of sp³-hybridized carbons (Fsp3) is 1.00. The van der Waals surface area contributed by atoms with Crippen molar-refractivity contribution in [3.63, 3.8) is 0 Å². The third kappa shape index (κ3) is 5.22. The molecule has 0 radical (unpaired) electrons. The van der Waals surface area contributed by atoms with E-state index in [2.05, 4.69) is 18.7 Å². The van der Waals surface area contributed by atoms with Crippen LogP contribution >= 0.6 is 0 Å². The fourth-order valence-electron chi connectivity index (χ4n) is 1.48. The van der Waals surface area contributed by atoms with E-state index in [0.29, 0.717) is 0 Å². The van der Waals surface area contributed by atoms with Gasteiger partial charge in [-0.15, -0.1) is 0 Å². The maximum atomic E-state index is 7.00. The minimum atomic E-state index is 0.850. The van der Waals surface area contributed by atoms with E-state index in [-0.39, 0.29) is 0 Å². The van der Waals surface area contributed by atoms with Crippen LogP contribution in [0, 0.1) is 5.92 Å². The van der Waals surface area contributed by atoms with Crippen molar-refractivity contribution in [1.29, 1.82) is 0 Å². The number of aliphatic hydroxyl groups is 1. The van der Waals surface area contributed by atoms with Gasteiger partial charge in [0.1, 0.15) is 0 Å². The third-order valence-corrected chi connectivity index (χ3v) is 1.82. The summed E-state index contributed by atoms with van der Waals surface area (Å²) >= 11 is 0. The van der Waals surface area contributed by atoms with Gasteiger partial charge in [-0.05, 0) is 31.8 Å². The number of nitrogens with zero attached hydrogens (tertiary/aromatic N) is 1. The molecular weight excluding hydrogens is 138 g/mol. The largest absolute Gasteiger partial charge is 0.400 e. The molecule has 1 heterocycles. The number of likely N-dealkylation sites (tertiary alicyclic amines) is 1. The minimum absolute atomic E-state index is 0.850. The molecule has 0 unspecified atom stereocenters. The van der Waals surface area contributed by atoms with E-state index < -0.39 is 0 Å². The molecular formula is C9H21NO. The molecule has 11 heavy (non-hydrogen) atoms. The molecule has 1 rings (SSSR count). The molecule has 1 fully saturated rings. The van der Waals surface area contributed by atoms with Crippen molar-refractivity contribution in [2.45, 2.75) is 26.7 Å². The van der Waals surface area contributed by atoms with Crippen LogP contribution in [-0.4, -0.2) is 36.8 Å². The molecule has 0 aliphatic carbocycles. The number of aliphatic hydroxyl groups excluding tert-OH is 1. The van der Waals surface area contributed by atoms with Crippen molar-refractivity contribution in [1.82, 2.24) is 4.90 Å². The lowest BCUT2D eigenvalue weighted by atomic mass is 10.2. The normalized spacial score (nSPS) is 18.3. The molecule has 0 spiro atoms. The van der Waals surface area contributed by atoms with Crippen molar-refractivity contribution < 1.29 is 5.11 Å². The Labute approximate surface area is 70.2 Å². The summed E-state index contributed by atoms with van der Waals surface area (Å²) in [4.78, 5) is 2.56. The molecule has 0 bridgehead atoms. The van der Waals surface area contributed by atoms with Crippen LogP contribution in [0.3, 0.4) is 0 Å². The monoisotopic (exact) mass is 159 g/mol. The quantitative estimate of drug-likeness (QED) is 0.657. The average molecular weight is 159 g/mol. The highest BCUT2D eigenvalue weighted by molar-refractivity contribution is 4.66. The second-order valence-corrected chi connectivity index (χ2v) is 3.40. The van der Waals surface area contributed by atoms with Crippen molar-refractivity contribution in [2.75, 3.05) is 26.7 Å². The Morgan fingerprint density at radius 3 is 2.00 bits per heavy atom. The van der Waals surface area contributed by atoms with Crippen LogP contribution in [0.25, 0.3) is 0 Å². The molecule has 0 aromatic rings. The van der Waals surface area contributed by atoms with Gasteiger partial charge in [0.25, 0.3) is 0 Å². The van der Waals surface area contributed by atoms with Gasteiger partial charge in [0.2, 0.25) is 0 Å². The lowest BCUT2D eigenvalue weighted by molar-refractivity contribution is 0.298. The molecule has 2 nitrogen and oxygen atoms in total. The van der Waals surface area contributed by atoms with Crippen molar-refractivity contribution in [3.05, 3.63) is 0 Å². The molecule has 0 aromatic carbocycles. The summed E-state index contributed by atoms with van der Waals surface area (Å²) < 4.78 is 0. The van der Waals surface area contributed by atoms with Gasteiger partial charge in [-0.1, -0.05) is 13.8 Å². The number of rotatable bonds is 2. The first-order valence-corrected chi connectivity index (χ1v) is 4.46. The molecule has 1 aliphatic heterocycles. The molecule has 0 amide bonds. The van der Waals surface area contributed by atoms with E-state index in [0.717, 1.165) is 13.0 Å². The zero-order valence-electron chi connectivity index (χ0n) is 8.01. The molecule has 0 saturated carbocycles. The van der Waals surface area contributed by atoms with Crippen molar-refractivity contribution >= 4 is 0 Å². The van der Waals surface area contributed by atoms with Crippen molar-refractivity contribution in [3.8, 4) is 0 Å². The average Bonchev–Trinajstić information content (AvgIpc) is 2.43. The van der Waals surface area contributed by atoms with Gasteiger partial charge in [0, 0.05) is 13.7 Å². The van der Waals surface area contributed by atoms with Gasteiger partial charge in [-0.2, -0.15) is 0 Å². The Balaban J connectivity index is 0.000000461. The van der Waals surface area contributed by atoms with Crippen LogP contribution in [0.2, 0.25) is 0 Å². The predicted octanol–water partition coefficient (Wildman–Crippen LogP) is 1.35. The summed E-state index contributed by atoms with van der Waals surface area (Å²) in [5, 5.41) is 7.00. The fourth-order valence-corrected chi connectivity index (χ4v) is 1.48. The number of hydrogen-bond donors (Lipinski definition) is 1. The first kappa shape index (κ1) is 10.9. The molecule has 1 aliphatic rings. The summed E-state index contributed by atoms with van der Waals surface area (Å²) in [6.45, 7) is 8.58. The first-order chi connectivity index (χ1) is 5.29. The highest BCUT2D eigenvalue weighted by Crippen LogP contribution is 2.09. The van der Waals surface area contributed by atoms with Gasteiger partial charge >= 0.3 is 0 Å². The molecule has 1 saturated heterocycles. The van der Waals surface area contributed by atoms with Crippen LogP contribution in [0.1, 0.15) is 26.7 Å².